The highest BCUT2D eigenvalue weighted by Gasteiger charge is 2.10. The van der Waals surface area contributed by atoms with Crippen LogP contribution < -0.4 is 5.32 Å². The molecule has 0 spiro atoms. The van der Waals surface area contributed by atoms with Crippen LogP contribution in [0.3, 0.4) is 0 Å². The van der Waals surface area contributed by atoms with Gasteiger partial charge in [0.05, 0.1) is 0 Å². The molecule has 0 saturated carbocycles. The van der Waals surface area contributed by atoms with Gasteiger partial charge in [-0.15, -0.1) is 0 Å². The zero-order valence-electron chi connectivity index (χ0n) is 11.7. The predicted octanol–water partition coefficient (Wildman–Crippen LogP) is 4.41. The zero-order valence-corrected chi connectivity index (χ0v) is 13.9. The summed E-state index contributed by atoms with van der Waals surface area (Å²) in [7, 11) is 2.03. The van der Waals surface area contributed by atoms with Crippen molar-refractivity contribution in [3.8, 4) is 0 Å². The molecule has 0 fully saturated rings. The average Bonchev–Trinajstić information content (AvgIpc) is 2.41. The summed E-state index contributed by atoms with van der Waals surface area (Å²) in [5, 5.41) is 3.43. The van der Waals surface area contributed by atoms with Crippen molar-refractivity contribution in [2.75, 3.05) is 7.05 Å². The highest BCUT2D eigenvalue weighted by molar-refractivity contribution is 14.1. The van der Waals surface area contributed by atoms with E-state index in [1.165, 1.54) is 25.8 Å². The second-order valence-electron chi connectivity index (χ2n) is 5.02. The third kappa shape index (κ3) is 3.80. The van der Waals surface area contributed by atoms with Gasteiger partial charge in [0.2, 0.25) is 0 Å². The van der Waals surface area contributed by atoms with Crippen molar-refractivity contribution in [1.29, 1.82) is 0 Å². The third-order valence-corrected chi connectivity index (χ3v) is 4.35. The molecule has 1 nitrogen and oxygen atoms in total. The van der Waals surface area contributed by atoms with Crippen LogP contribution in [0.15, 0.2) is 42.5 Å². The van der Waals surface area contributed by atoms with Crippen LogP contribution in [0.4, 0.5) is 0 Å². The van der Waals surface area contributed by atoms with E-state index in [1.54, 1.807) is 0 Å². The maximum Gasteiger partial charge on any atom is 0.0358 e. The van der Waals surface area contributed by atoms with E-state index in [4.69, 9.17) is 0 Å². The minimum atomic E-state index is 0.374. The monoisotopic (exact) mass is 365 g/mol. The second-order valence-corrected chi connectivity index (χ2v) is 6.26. The summed E-state index contributed by atoms with van der Waals surface area (Å²) in [4.78, 5) is 0. The molecule has 0 heterocycles. The van der Waals surface area contributed by atoms with Gasteiger partial charge >= 0.3 is 0 Å². The minimum Gasteiger partial charge on any atom is -0.313 e. The number of nitrogens with one attached hydrogen (secondary N) is 1. The first-order chi connectivity index (χ1) is 9.10. The Morgan fingerprint density at radius 3 is 2.26 bits per heavy atom. The fraction of sp³-hybridized carbons (Fsp3) is 0.294. The van der Waals surface area contributed by atoms with Gasteiger partial charge in [-0.2, -0.15) is 0 Å². The number of hydrogen-bond donors (Lipinski definition) is 1. The van der Waals surface area contributed by atoms with E-state index >= 15 is 0 Å². The van der Waals surface area contributed by atoms with Crippen molar-refractivity contribution in [3.05, 3.63) is 68.3 Å². The molecule has 0 aliphatic heterocycles. The van der Waals surface area contributed by atoms with Gasteiger partial charge in [0, 0.05) is 9.61 Å². The molecule has 0 amide bonds. The van der Waals surface area contributed by atoms with E-state index in [0.29, 0.717) is 6.04 Å². The van der Waals surface area contributed by atoms with Crippen molar-refractivity contribution >= 4 is 22.6 Å². The first kappa shape index (κ1) is 14.5. The number of hydrogen-bond acceptors (Lipinski definition) is 1. The quantitative estimate of drug-likeness (QED) is 0.792. The van der Waals surface area contributed by atoms with E-state index < -0.39 is 0 Å². The Morgan fingerprint density at radius 2 is 1.68 bits per heavy atom. The molecule has 2 aromatic rings. The topological polar surface area (TPSA) is 12.0 Å². The van der Waals surface area contributed by atoms with Crippen LogP contribution in [-0.4, -0.2) is 7.05 Å². The third-order valence-electron chi connectivity index (χ3n) is 3.63. The Kier molecular flexibility index (Phi) is 4.99. The number of halogens is 1. The standard InChI is InChI=1S/C17H20IN/c1-12-4-7-15(10-13(12)2)17(19-3)11-14-5-8-16(18)9-6-14/h4-10,17,19H,11H2,1-3H3. The molecule has 0 bridgehead atoms. The fourth-order valence-electron chi connectivity index (χ4n) is 2.22. The molecule has 0 aromatic heterocycles. The first-order valence-corrected chi connectivity index (χ1v) is 7.67. The summed E-state index contributed by atoms with van der Waals surface area (Å²) < 4.78 is 1.29. The largest absolute Gasteiger partial charge is 0.313 e. The number of likely N-dealkylation sites (N-methyl/N-ethyl adjacent to an activating group) is 1. The van der Waals surface area contributed by atoms with Crippen LogP contribution in [0.25, 0.3) is 0 Å². The highest BCUT2D eigenvalue weighted by Crippen LogP contribution is 2.21. The van der Waals surface area contributed by atoms with E-state index in [-0.39, 0.29) is 0 Å². The van der Waals surface area contributed by atoms with Gasteiger partial charge in [0.1, 0.15) is 0 Å². The zero-order chi connectivity index (χ0) is 13.8. The summed E-state index contributed by atoms with van der Waals surface area (Å²) in [5.74, 6) is 0. The van der Waals surface area contributed by atoms with Gasteiger partial charge in [0.15, 0.2) is 0 Å². The van der Waals surface area contributed by atoms with Gasteiger partial charge in [0.25, 0.3) is 0 Å². The van der Waals surface area contributed by atoms with Crippen LogP contribution in [-0.2, 0) is 6.42 Å². The lowest BCUT2D eigenvalue weighted by atomic mass is 9.96. The Hall–Kier alpha value is -0.870. The molecule has 1 N–H and O–H groups in total. The van der Waals surface area contributed by atoms with E-state index in [1.807, 2.05) is 7.05 Å². The lowest BCUT2D eigenvalue weighted by Crippen LogP contribution is -2.19. The molecule has 0 saturated heterocycles. The van der Waals surface area contributed by atoms with E-state index in [9.17, 15) is 0 Å². The molecular formula is C17H20IN. The number of aryl methyl sites for hydroxylation is 2. The van der Waals surface area contributed by atoms with Gasteiger partial charge in [-0.3, -0.25) is 0 Å². The Balaban J connectivity index is 2.19. The fourth-order valence-corrected chi connectivity index (χ4v) is 2.58. The maximum absolute atomic E-state index is 3.43. The summed E-state index contributed by atoms with van der Waals surface area (Å²) in [6, 6.07) is 15.9. The van der Waals surface area contributed by atoms with Crippen molar-refractivity contribution < 1.29 is 0 Å². The molecule has 2 rings (SSSR count). The maximum atomic E-state index is 3.43. The smallest absolute Gasteiger partial charge is 0.0358 e. The molecule has 19 heavy (non-hydrogen) atoms. The van der Waals surface area contributed by atoms with Gasteiger partial charge < -0.3 is 5.32 Å². The van der Waals surface area contributed by atoms with Gasteiger partial charge in [-0.1, -0.05) is 30.3 Å². The van der Waals surface area contributed by atoms with Crippen molar-refractivity contribution in [2.45, 2.75) is 26.3 Å². The van der Waals surface area contributed by atoms with Crippen molar-refractivity contribution in [1.82, 2.24) is 5.32 Å². The molecule has 0 radical (unpaired) electrons. The van der Waals surface area contributed by atoms with E-state index in [0.717, 1.165) is 6.42 Å². The first-order valence-electron chi connectivity index (χ1n) is 6.59. The van der Waals surface area contributed by atoms with Crippen LogP contribution in [0.5, 0.6) is 0 Å². The van der Waals surface area contributed by atoms with Crippen molar-refractivity contribution in [3.63, 3.8) is 0 Å². The Morgan fingerprint density at radius 1 is 1.00 bits per heavy atom. The van der Waals surface area contributed by atoms with Crippen LogP contribution in [0, 0.1) is 17.4 Å². The molecule has 0 aliphatic carbocycles. The van der Waals surface area contributed by atoms with E-state index in [2.05, 4.69) is 84.2 Å². The van der Waals surface area contributed by atoms with Crippen molar-refractivity contribution in [2.24, 2.45) is 0 Å². The highest BCUT2D eigenvalue weighted by atomic mass is 127. The lowest BCUT2D eigenvalue weighted by Gasteiger charge is -2.18. The molecule has 0 aliphatic rings. The summed E-state index contributed by atoms with van der Waals surface area (Å²) in [6.45, 7) is 4.34. The van der Waals surface area contributed by atoms with Gasteiger partial charge in [-0.05, 0) is 84.3 Å². The summed E-state index contributed by atoms with van der Waals surface area (Å²) in [6.07, 6.45) is 1.02. The molecule has 1 unspecified atom stereocenters. The van der Waals surface area contributed by atoms with Crippen LogP contribution in [0.2, 0.25) is 0 Å². The summed E-state index contributed by atoms with van der Waals surface area (Å²) in [5.41, 5.74) is 5.45. The normalized spacial score (nSPS) is 12.4. The summed E-state index contributed by atoms with van der Waals surface area (Å²) >= 11 is 2.34. The second kappa shape index (κ2) is 6.53. The Bertz CT molecular complexity index is 546. The number of rotatable bonds is 4. The van der Waals surface area contributed by atoms with Crippen LogP contribution in [0.1, 0.15) is 28.3 Å². The molecular weight excluding hydrogens is 345 g/mol. The van der Waals surface area contributed by atoms with Crippen LogP contribution >= 0.6 is 22.6 Å². The SMILES string of the molecule is CNC(Cc1ccc(I)cc1)c1ccc(C)c(C)c1. The molecule has 100 valence electrons. The predicted molar refractivity (Wildman–Crippen MR) is 90.6 cm³/mol. The molecule has 1 atom stereocenters. The van der Waals surface area contributed by atoms with Gasteiger partial charge in [-0.25, -0.2) is 0 Å². The molecule has 2 heteroatoms. The molecule has 2 aromatic carbocycles. The minimum absolute atomic E-state index is 0.374. The lowest BCUT2D eigenvalue weighted by molar-refractivity contribution is 0.591. The number of benzene rings is 2. The average molecular weight is 365 g/mol. The Labute approximate surface area is 129 Å².